The largest absolute Gasteiger partial charge is 0.472 e. The molecule has 98 heavy (non-hydrogen) atoms. The first-order valence-corrected chi connectivity index (χ1v) is 43.7. The van der Waals surface area contributed by atoms with Crippen molar-refractivity contribution in [1.82, 2.24) is 0 Å². The van der Waals surface area contributed by atoms with E-state index in [4.69, 9.17) is 37.0 Å². The highest BCUT2D eigenvalue weighted by Gasteiger charge is 2.30. The standard InChI is InChI=1S/C79H154O17P2/c1-9-72(8)58-50-42-33-27-21-15-11-13-16-22-28-34-43-51-59-76(81)89-65-74(95-78(83)61-53-45-35-29-23-17-12-10-14-19-25-31-39-47-55-69(2)3)67-93-97(85,86)91-63-73(80)64-92-98(87,88)94-68-75(66-90-77(82)60-52-44-38-37-41-49-57-71(6)7)96-79(84)62-54-46-36-30-24-18-20-26-32-40-48-56-70(4)5/h69-75,80H,9-68H2,1-8H3,(H,85,86)(H,87,88)/t72?,73-,74-,75-/m1/s1. The molecule has 0 saturated heterocycles. The Hall–Kier alpha value is -1.94. The molecule has 3 N–H and O–H groups in total. The summed E-state index contributed by atoms with van der Waals surface area (Å²) >= 11 is 0. The molecule has 0 rings (SSSR count). The van der Waals surface area contributed by atoms with Crippen molar-refractivity contribution in [2.45, 2.75) is 420 Å². The second-order valence-electron chi connectivity index (χ2n) is 30.1. The van der Waals surface area contributed by atoms with E-state index in [0.29, 0.717) is 31.6 Å². The third-order valence-electron chi connectivity index (χ3n) is 18.7. The van der Waals surface area contributed by atoms with E-state index in [0.717, 1.165) is 114 Å². The highest BCUT2D eigenvalue weighted by Crippen LogP contribution is 2.45. The number of phosphoric ester groups is 2. The fourth-order valence-electron chi connectivity index (χ4n) is 12.0. The molecule has 0 fully saturated rings. The minimum absolute atomic E-state index is 0.105. The van der Waals surface area contributed by atoms with E-state index in [9.17, 15) is 43.2 Å². The Labute approximate surface area is 600 Å². The summed E-state index contributed by atoms with van der Waals surface area (Å²) < 4.78 is 68.6. The number of hydrogen-bond acceptors (Lipinski definition) is 15. The Morgan fingerprint density at radius 3 is 0.724 bits per heavy atom. The number of hydrogen-bond donors (Lipinski definition) is 3. The topological polar surface area (TPSA) is 237 Å². The first-order chi connectivity index (χ1) is 47.1. The van der Waals surface area contributed by atoms with Gasteiger partial charge in [0, 0.05) is 25.7 Å². The van der Waals surface area contributed by atoms with Crippen LogP contribution >= 0.6 is 15.6 Å². The van der Waals surface area contributed by atoms with Gasteiger partial charge in [-0.1, -0.05) is 351 Å². The van der Waals surface area contributed by atoms with Crippen molar-refractivity contribution in [3.8, 4) is 0 Å². The minimum Gasteiger partial charge on any atom is -0.462 e. The van der Waals surface area contributed by atoms with Crippen LogP contribution in [0.5, 0.6) is 0 Å². The van der Waals surface area contributed by atoms with E-state index in [1.165, 1.54) is 199 Å². The summed E-state index contributed by atoms with van der Waals surface area (Å²) in [6.45, 7) is 14.2. The lowest BCUT2D eigenvalue weighted by Crippen LogP contribution is -2.30. The van der Waals surface area contributed by atoms with Crippen LogP contribution in [0, 0.1) is 23.7 Å². The van der Waals surface area contributed by atoms with Gasteiger partial charge < -0.3 is 33.8 Å². The van der Waals surface area contributed by atoms with Crippen molar-refractivity contribution < 1.29 is 80.2 Å². The van der Waals surface area contributed by atoms with Crippen molar-refractivity contribution >= 4 is 39.5 Å². The number of unbranched alkanes of at least 4 members (excludes halogenated alkanes) is 41. The minimum atomic E-state index is -4.96. The van der Waals surface area contributed by atoms with Crippen LogP contribution in [0.25, 0.3) is 0 Å². The van der Waals surface area contributed by atoms with Gasteiger partial charge >= 0.3 is 39.5 Å². The zero-order chi connectivity index (χ0) is 72.4. The zero-order valence-corrected chi connectivity index (χ0v) is 66.2. The van der Waals surface area contributed by atoms with E-state index in [2.05, 4.69) is 55.4 Å². The lowest BCUT2D eigenvalue weighted by molar-refractivity contribution is -0.161. The van der Waals surface area contributed by atoms with Crippen LogP contribution < -0.4 is 0 Å². The predicted octanol–water partition coefficient (Wildman–Crippen LogP) is 23.2. The molecule has 0 aromatic rings. The van der Waals surface area contributed by atoms with E-state index in [1.807, 2.05) is 0 Å². The predicted molar refractivity (Wildman–Crippen MR) is 400 cm³/mol. The molecular formula is C79H154O17P2. The zero-order valence-electron chi connectivity index (χ0n) is 64.4. The van der Waals surface area contributed by atoms with Gasteiger partial charge in [-0.2, -0.15) is 0 Å². The van der Waals surface area contributed by atoms with Gasteiger partial charge in [0.25, 0.3) is 0 Å². The molecule has 17 nitrogen and oxygen atoms in total. The summed E-state index contributed by atoms with van der Waals surface area (Å²) in [5.74, 6) is 0.972. The molecule has 3 unspecified atom stereocenters. The monoisotopic (exact) mass is 1440 g/mol. The number of esters is 4. The molecule has 0 aliphatic carbocycles. The van der Waals surface area contributed by atoms with E-state index in [1.54, 1.807) is 0 Å². The molecule has 582 valence electrons. The molecule has 0 spiro atoms. The van der Waals surface area contributed by atoms with Crippen LogP contribution in [0.15, 0.2) is 0 Å². The van der Waals surface area contributed by atoms with Gasteiger partial charge in [0.1, 0.15) is 19.3 Å². The fraction of sp³-hybridized carbons (Fsp3) is 0.949. The highest BCUT2D eigenvalue weighted by molar-refractivity contribution is 7.47. The molecule has 19 heteroatoms. The molecule has 0 amide bonds. The van der Waals surface area contributed by atoms with Gasteiger partial charge in [0.2, 0.25) is 0 Å². The maximum Gasteiger partial charge on any atom is 0.472 e. The van der Waals surface area contributed by atoms with Crippen molar-refractivity contribution in [3.05, 3.63) is 0 Å². The quantitative estimate of drug-likeness (QED) is 0.0222. The number of carbonyl (C=O) groups excluding carboxylic acids is 4. The third-order valence-corrected chi connectivity index (χ3v) is 20.6. The number of phosphoric acid groups is 2. The van der Waals surface area contributed by atoms with Crippen LogP contribution in [-0.4, -0.2) is 96.7 Å². The Kier molecular flexibility index (Phi) is 66.8. The molecule has 0 saturated carbocycles. The molecule has 0 aromatic heterocycles. The summed E-state index contributed by atoms with van der Waals surface area (Å²) in [5, 5.41) is 10.6. The van der Waals surface area contributed by atoms with E-state index < -0.39 is 97.5 Å². The van der Waals surface area contributed by atoms with Crippen molar-refractivity contribution in [1.29, 1.82) is 0 Å². The summed E-state index contributed by atoms with van der Waals surface area (Å²) in [6, 6.07) is 0. The van der Waals surface area contributed by atoms with Crippen LogP contribution in [0.1, 0.15) is 402 Å². The summed E-state index contributed by atoms with van der Waals surface area (Å²) in [6.07, 6.45) is 54.2. The number of rotatable bonds is 76. The van der Waals surface area contributed by atoms with Crippen LogP contribution in [-0.2, 0) is 65.4 Å². The first kappa shape index (κ1) is 96.1. The fourth-order valence-corrected chi connectivity index (χ4v) is 13.6. The average Bonchev–Trinajstić information content (AvgIpc) is 0.959. The molecule has 0 bridgehead atoms. The van der Waals surface area contributed by atoms with Gasteiger partial charge in [-0.05, 0) is 49.4 Å². The second-order valence-corrected chi connectivity index (χ2v) is 33.0. The smallest absolute Gasteiger partial charge is 0.462 e. The molecular weight excluding hydrogens is 1280 g/mol. The van der Waals surface area contributed by atoms with Crippen LogP contribution in [0.2, 0.25) is 0 Å². The lowest BCUT2D eigenvalue weighted by atomic mass is 9.99. The Bertz CT molecular complexity index is 1920. The molecule has 0 aliphatic heterocycles. The maximum atomic E-state index is 13.1. The number of ether oxygens (including phenoxy) is 4. The normalized spacial score (nSPS) is 14.3. The van der Waals surface area contributed by atoms with Gasteiger partial charge in [0.05, 0.1) is 26.4 Å². The number of aliphatic hydroxyl groups is 1. The molecule has 0 radical (unpaired) electrons. The molecule has 0 aromatic carbocycles. The number of aliphatic hydroxyl groups excluding tert-OH is 1. The van der Waals surface area contributed by atoms with E-state index in [-0.39, 0.29) is 25.7 Å². The lowest BCUT2D eigenvalue weighted by Gasteiger charge is -2.21. The van der Waals surface area contributed by atoms with Crippen LogP contribution in [0.4, 0.5) is 0 Å². The summed E-state index contributed by atoms with van der Waals surface area (Å²) in [5.41, 5.74) is 0. The van der Waals surface area contributed by atoms with Crippen LogP contribution in [0.3, 0.4) is 0 Å². The van der Waals surface area contributed by atoms with Crippen molar-refractivity contribution in [2.75, 3.05) is 39.6 Å². The Morgan fingerprint density at radius 2 is 0.490 bits per heavy atom. The van der Waals surface area contributed by atoms with E-state index >= 15 is 0 Å². The second kappa shape index (κ2) is 68.2. The Morgan fingerprint density at radius 1 is 0.286 bits per heavy atom. The summed E-state index contributed by atoms with van der Waals surface area (Å²) in [4.78, 5) is 72.9. The third kappa shape index (κ3) is 71.1. The van der Waals surface area contributed by atoms with Gasteiger partial charge in [-0.3, -0.25) is 37.3 Å². The highest BCUT2D eigenvalue weighted by atomic mass is 31.2. The first-order valence-electron chi connectivity index (χ1n) is 40.7. The van der Waals surface area contributed by atoms with Gasteiger partial charge in [-0.25, -0.2) is 9.13 Å². The number of carbonyl (C=O) groups is 4. The Balaban J connectivity index is 5.24. The van der Waals surface area contributed by atoms with Crippen molar-refractivity contribution in [2.24, 2.45) is 23.7 Å². The average molecular weight is 1440 g/mol. The maximum absolute atomic E-state index is 13.1. The molecule has 0 heterocycles. The van der Waals surface area contributed by atoms with Gasteiger partial charge in [0.15, 0.2) is 12.2 Å². The van der Waals surface area contributed by atoms with Crippen molar-refractivity contribution in [3.63, 3.8) is 0 Å². The molecule has 6 atom stereocenters. The summed E-state index contributed by atoms with van der Waals surface area (Å²) in [7, 11) is -9.92. The SMILES string of the molecule is CCC(C)CCCCCCCCCCCCCCCCC(=O)OC[C@H](COP(=O)(O)OC[C@@H](O)COP(=O)(O)OC[C@@H](COC(=O)CCCCCCCCC(C)C)OC(=O)CCCCCCCCCCCCCC(C)C)OC(=O)CCCCCCCCCCCCCCCCC(C)C. The molecule has 0 aliphatic rings. The van der Waals surface area contributed by atoms with Gasteiger partial charge in [-0.15, -0.1) is 0 Å².